The second-order valence-electron chi connectivity index (χ2n) is 7.16. The molecule has 1 heterocycles. The zero-order chi connectivity index (χ0) is 21.1. The van der Waals surface area contributed by atoms with E-state index < -0.39 is 12.1 Å². The van der Waals surface area contributed by atoms with Crippen LogP contribution in [0.4, 0.5) is 10.5 Å². The molecular weight excluding hydrogens is 396 g/mol. The minimum absolute atomic E-state index is 0.140. The van der Waals surface area contributed by atoms with Crippen molar-refractivity contribution < 1.29 is 14.7 Å². The van der Waals surface area contributed by atoms with Gasteiger partial charge < -0.3 is 10.0 Å². The number of anilines is 1. The molecule has 0 saturated heterocycles. The number of amides is 2. The number of carbonyl (C=O) groups excluding carboxylic acids is 1. The number of hydrogen-bond donors (Lipinski definition) is 1. The van der Waals surface area contributed by atoms with Gasteiger partial charge in [0.25, 0.3) is 5.91 Å². The molecule has 0 fully saturated rings. The maximum Gasteiger partial charge on any atom is 0.408 e. The van der Waals surface area contributed by atoms with Crippen molar-refractivity contribution in [1.82, 2.24) is 4.90 Å². The summed E-state index contributed by atoms with van der Waals surface area (Å²) in [5, 5.41) is 9.74. The topological polar surface area (TPSA) is 60.9 Å². The molecule has 1 aliphatic heterocycles. The second-order valence-corrected chi connectivity index (χ2v) is 8.34. The van der Waals surface area contributed by atoms with Crippen LogP contribution in [0.1, 0.15) is 16.4 Å². The Labute approximate surface area is 179 Å². The van der Waals surface area contributed by atoms with E-state index in [0.717, 1.165) is 21.7 Å². The molecule has 0 bridgehead atoms. The third-order valence-electron chi connectivity index (χ3n) is 5.26. The number of hydrogen-bond acceptors (Lipinski definition) is 3. The first kappa shape index (κ1) is 20.0. The van der Waals surface area contributed by atoms with E-state index in [-0.39, 0.29) is 17.7 Å². The zero-order valence-electron chi connectivity index (χ0n) is 16.5. The van der Waals surface area contributed by atoms with Crippen molar-refractivity contribution in [3.05, 3.63) is 96.1 Å². The highest BCUT2D eigenvalue weighted by Crippen LogP contribution is 2.46. The SMILES string of the molecule is CN1C(=O)[C@@H](N(Cc2ccccc2)C(=O)O)[C@@H](c2ccccc2)Sc2ccccc21. The number of para-hydroxylation sites is 1. The predicted molar refractivity (Wildman–Crippen MR) is 119 cm³/mol. The fraction of sp³-hybridized carbons (Fsp3) is 0.167. The fourth-order valence-corrected chi connectivity index (χ4v) is 5.18. The molecule has 30 heavy (non-hydrogen) atoms. The van der Waals surface area contributed by atoms with Crippen LogP contribution in [0.2, 0.25) is 0 Å². The molecule has 0 unspecified atom stereocenters. The van der Waals surface area contributed by atoms with Crippen LogP contribution < -0.4 is 4.90 Å². The Bertz CT molecular complexity index is 1040. The number of fused-ring (bicyclic) bond motifs is 1. The molecule has 152 valence electrons. The van der Waals surface area contributed by atoms with Gasteiger partial charge in [0, 0.05) is 18.5 Å². The van der Waals surface area contributed by atoms with Gasteiger partial charge >= 0.3 is 6.09 Å². The molecule has 0 radical (unpaired) electrons. The lowest BCUT2D eigenvalue weighted by Gasteiger charge is -2.34. The van der Waals surface area contributed by atoms with Crippen LogP contribution >= 0.6 is 11.8 Å². The van der Waals surface area contributed by atoms with Gasteiger partial charge in [-0.15, -0.1) is 11.8 Å². The molecule has 5 nitrogen and oxygen atoms in total. The summed E-state index contributed by atoms with van der Waals surface area (Å²) in [6.45, 7) is 0.140. The Morgan fingerprint density at radius 1 is 0.967 bits per heavy atom. The molecule has 0 aromatic heterocycles. The average Bonchev–Trinajstić information content (AvgIpc) is 2.88. The second kappa shape index (κ2) is 8.63. The Kier molecular flexibility index (Phi) is 5.77. The largest absolute Gasteiger partial charge is 0.465 e. The van der Waals surface area contributed by atoms with Crippen molar-refractivity contribution in [3.63, 3.8) is 0 Å². The van der Waals surface area contributed by atoms with Crippen LogP contribution in [0, 0.1) is 0 Å². The maximum absolute atomic E-state index is 13.6. The van der Waals surface area contributed by atoms with Gasteiger partial charge in [0.2, 0.25) is 0 Å². The lowest BCUT2D eigenvalue weighted by atomic mass is 10.0. The Morgan fingerprint density at radius 2 is 1.57 bits per heavy atom. The van der Waals surface area contributed by atoms with Crippen molar-refractivity contribution in [3.8, 4) is 0 Å². The Balaban J connectivity index is 1.82. The standard InChI is InChI=1S/C24H22N2O3S/c1-25-19-14-8-9-15-20(19)30-22(18-12-6-3-7-13-18)21(23(25)27)26(24(28)29)16-17-10-4-2-5-11-17/h2-15,21-22H,16H2,1H3,(H,28,29)/t21-,22+/m0/s1. The van der Waals surface area contributed by atoms with Crippen molar-refractivity contribution in [2.75, 3.05) is 11.9 Å². The molecule has 1 aliphatic rings. The van der Waals surface area contributed by atoms with Crippen molar-refractivity contribution in [2.45, 2.75) is 22.7 Å². The summed E-state index contributed by atoms with van der Waals surface area (Å²) in [6.07, 6.45) is -1.11. The molecule has 0 spiro atoms. The third kappa shape index (κ3) is 3.91. The maximum atomic E-state index is 13.6. The Morgan fingerprint density at radius 3 is 2.23 bits per heavy atom. The number of benzene rings is 3. The predicted octanol–water partition coefficient (Wildman–Crippen LogP) is 5.05. The lowest BCUT2D eigenvalue weighted by molar-refractivity contribution is -0.123. The van der Waals surface area contributed by atoms with Gasteiger partial charge in [0.1, 0.15) is 6.04 Å². The van der Waals surface area contributed by atoms with Gasteiger partial charge in [-0.3, -0.25) is 9.69 Å². The first-order valence-corrected chi connectivity index (χ1v) is 10.6. The first-order chi connectivity index (χ1) is 14.6. The van der Waals surface area contributed by atoms with Crippen LogP contribution in [0.3, 0.4) is 0 Å². The van der Waals surface area contributed by atoms with Crippen LogP contribution in [0.25, 0.3) is 0 Å². The number of nitrogens with zero attached hydrogens (tertiary/aromatic N) is 2. The molecule has 2 amide bonds. The number of carboxylic acid groups (broad SMARTS) is 1. The van der Waals surface area contributed by atoms with Crippen LogP contribution in [0.5, 0.6) is 0 Å². The van der Waals surface area contributed by atoms with E-state index in [1.165, 1.54) is 16.7 Å². The quantitative estimate of drug-likeness (QED) is 0.644. The van der Waals surface area contributed by atoms with Crippen LogP contribution in [0.15, 0.2) is 89.8 Å². The number of carbonyl (C=O) groups is 2. The Hall–Kier alpha value is -3.25. The highest BCUT2D eigenvalue weighted by Gasteiger charge is 2.42. The van der Waals surface area contributed by atoms with Gasteiger partial charge in [-0.05, 0) is 23.3 Å². The van der Waals surface area contributed by atoms with Crippen molar-refractivity contribution in [2.24, 2.45) is 0 Å². The van der Waals surface area contributed by atoms with Gasteiger partial charge in [0.15, 0.2) is 0 Å². The number of thioether (sulfide) groups is 1. The third-order valence-corrected chi connectivity index (χ3v) is 6.64. The lowest BCUT2D eigenvalue weighted by Crippen LogP contribution is -2.51. The van der Waals surface area contributed by atoms with E-state index in [1.807, 2.05) is 84.9 Å². The molecular formula is C24H22N2O3S. The summed E-state index contributed by atoms with van der Waals surface area (Å²) in [7, 11) is 1.71. The highest BCUT2D eigenvalue weighted by molar-refractivity contribution is 7.99. The normalized spacial score (nSPS) is 18.4. The molecule has 3 aromatic rings. The van der Waals surface area contributed by atoms with Crippen LogP contribution in [-0.2, 0) is 11.3 Å². The summed E-state index contributed by atoms with van der Waals surface area (Å²) < 4.78 is 0. The van der Waals surface area contributed by atoms with Gasteiger partial charge in [0.05, 0.1) is 10.9 Å². The zero-order valence-corrected chi connectivity index (χ0v) is 17.3. The van der Waals surface area contributed by atoms with Crippen molar-refractivity contribution in [1.29, 1.82) is 0 Å². The average molecular weight is 419 g/mol. The summed E-state index contributed by atoms with van der Waals surface area (Å²) >= 11 is 1.54. The molecule has 1 N–H and O–H groups in total. The van der Waals surface area contributed by atoms with E-state index in [4.69, 9.17) is 0 Å². The van der Waals surface area contributed by atoms with E-state index in [2.05, 4.69) is 0 Å². The molecule has 4 rings (SSSR count). The van der Waals surface area contributed by atoms with Gasteiger partial charge in [-0.1, -0.05) is 72.8 Å². The van der Waals surface area contributed by atoms with E-state index >= 15 is 0 Å². The minimum atomic E-state index is -1.11. The fourth-order valence-electron chi connectivity index (χ4n) is 3.74. The van der Waals surface area contributed by atoms with E-state index in [9.17, 15) is 14.7 Å². The number of rotatable bonds is 4. The monoisotopic (exact) mass is 418 g/mol. The highest BCUT2D eigenvalue weighted by atomic mass is 32.2. The summed E-state index contributed by atoms with van der Waals surface area (Å²) in [6, 6.07) is 25.9. The van der Waals surface area contributed by atoms with Crippen LogP contribution in [-0.4, -0.2) is 35.1 Å². The van der Waals surface area contributed by atoms with E-state index in [1.54, 1.807) is 11.9 Å². The number of likely N-dealkylation sites (N-methyl/N-ethyl adjacent to an activating group) is 1. The van der Waals surface area contributed by atoms with Gasteiger partial charge in [-0.2, -0.15) is 0 Å². The minimum Gasteiger partial charge on any atom is -0.465 e. The molecule has 6 heteroatoms. The molecule has 3 aromatic carbocycles. The smallest absolute Gasteiger partial charge is 0.408 e. The summed E-state index contributed by atoms with van der Waals surface area (Å²) in [4.78, 5) is 29.8. The summed E-state index contributed by atoms with van der Waals surface area (Å²) in [5.74, 6) is -0.236. The molecule has 2 atom stereocenters. The molecule has 0 aliphatic carbocycles. The first-order valence-electron chi connectivity index (χ1n) is 9.68. The van der Waals surface area contributed by atoms with E-state index in [0.29, 0.717) is 0 Å². The summed E-state index contributed by atoms with van der Waals surface area (Å²) in [5.41, 5.74) is 2.56. The van der Waals surface area contributed by atoms with Crippen molar-refractivity contribution >= 4 is 29.4 Å². The molecule has 0 saturated carbocycles. The van der Waals surface area contributed by atoms with Gasteiger partial charge in [-0.25, -0.2) is 4.79 Å².